The number of likely N-dealkylation sites (tertiary alicyclic amines) is 1. The zero-order chi connectivity index (χ0) is 20.7. The van der Waals surface area contributed by atoms with Gasteiger partial charge in [-0.2, -0.15) is 0 Å². The van der Waals surface area contributed by atoms with Crippen LogP contribution < -0.4 is 10.6 Å². The summed E-state index contributed by atoms with van der Waals surface area (Å²) < 4.78 is 24.8. The van der Waals surface area contributed by atoms with Crippen molar-refractivity contribution in [1.29, 1.82) is 0 Å². The van der Waals surface area contributed by atoms with Gasteiger partial charge in [0.1, 0.15) is 0 Å². The van der Waals surface area contributed by atoms with Crippen molar-refractivity contribution in [2.24, 2.45) is 10.9 Å². The highest BCUT2D eigenvalue weighted by Crippen LogP contribution is 2.18. The van der Waals surface area contributed by atoms with E-state index < -0.39 is 10.0 Å². The molecule has 0 bridgehead atoms. The maximum absolute atomic E-state index is 11.6. The summed E-state index contributed by atoms with van der Waals surface area (Å²) in [6, 6.07) is 11.1. The zero-order valence-corrected chi connectivity index (χ0v) is 21.2. The molecule has 1 aromatic rings. The van der Waals surface area contributed by atoms with Gasteiger partial charge in [-0.1, -0.05) is 30.3 Å². The Hall–Kier alpha value is -0.910. The van der Waals surface area contributed by atoms with Crippen molar-refractivity contribution >= 4 is 40.0 Å². The molecule has 7 nitrogen and oxygen atoms in total. The molecule has 30 heavy (non-hydrogen) atoms. The van der Waals surface area contributed by atoms with E-state index in [0.29, 0.717) is 25.0 Å². The topological polar surface area (TPSA) is 77.0 Å². The molecule has 2 heterocycles. The Bertz CT molecular complexity index is 759. The largest absolute Gasteiger partial charge is 0.356 e. The Morgan fingerprint density at radius 1 is 1.07 bits per heavy atom. The number of nitrogens with one attached hydrogen (secondary N) is 2. The van der Waals surface area contributed by atoms with E-state index in [1.165, 1.54) is 11.8 Å². The summed E-state index contributed by atoms with van der Waals surface area (Å²) in [5.41, 5.74) is 1.37. The van der Waals surface area contributed by atoms with Crippen LogP contribution in [0.2, 0.25) is 0 Å². The smallest absolute Gasteiger partial charge is 0.211 e. The van der Waals surface area contributed by atoms with E-state index in [0.717, 1.165) is 57.8 Å². The minimum absolute atomic E-state index is 0. The molecule has 170 valence electrons. The van der Waals surface area contributed by atoms with Crippen molar-refractivity contribution in [3.05, 3.63) is 35.9 Å². The molecule has 2 fully saturated rings. The number of guanidine groups is 1. The number of benzene rings is 1. The first-order valence-electron chi connectivity index (χ1n) is 10.6. The number of piperidine rings is 2. The number of hydrogen-bond donors (Lipinski definition) is 2. The van der Waals surface area contributed by atoms with Crippen LogP contribution in [0.1, 0.15) is 31.2 Å². The monoisotopic (exact) mass is 549 g/mol. The molecule has 0 atom stereocenters. The Labute approximate surface area is 198 Å². The average Bonchev–Trinajstić information content (AvgIpc) is 2.73. The second-order valence-corrected chi connectivity index (χ2v) is 10.2. The molecule has 3 rings (SSSR count). The Kier molecular flexibility index (Phi) is 10.3. The van der Waals surface area contributed by atoms with E-state index in [1.807, 2.05) is 7.05 Å². The molecule has 1 aromatic carbocycles. The average molecular weight is 550 g/mol. The molecule has 0 unspecified atom stereocenters. The van der Waals surface area contributed by atoms with Crippen LogP contribution in [0.25, 0.3) is 0 Å². The molecular weight excluding hydrogens is 513 g/mol. The Morgan fingerprint density at radius 2 is 1.70 bits per heavy atom. The molecule has 0 spiro atoms. The molecule has 2 aliphatic heterocycles. The van der Waals surface area contributed by atoms with Crippen molar-refractivity contribution < 1.29 is 8.42 Å². The second kappa shape index (κ2) is 12.2. The molecule has 0 saturated carbocycles. The highest BCUT2D eigenvalue weighted by atomic mass is 127. The molecule has 0 radical (unpaired) electrons. The van der Waals surface area contributed by atoms with E-state index in [-0.39, 0.29) is 24.0 Å². The van der Waals surface area contributed by atoms with Crippen LogP contribution in [0, 0.1) is 5.92 Å². The first-order chi connectivity index (χ1) is 13.9. The van der Waals surface area contributed by atoms with Crippen molar-refractivity contribution in [1.82, 2.24) is 19.8 Å². The van der Waals surface area contributed by atoms with E-state index in [2.05, 4.69) is 50.9 Å². The Morgan fingerprint density at radius 3 is 2.27 bits per heavy atom. The normalized spacial score (nSPS) is 20.5. The van der Waals surface area contributed by atoms with Gasteiger partial charge in [0.05, 0.1) is 6.26 Å². The van der Waals surface area contributed by atoms with Gasteiger partial charge in [0.25, 0.3) is 0 Å². The third-order valence-corrected chi connectivity index (χ3v) is 7.30. The van der Waals surface area contributed by atoms with Crippen molar-refractivity contribution in [2.75, 3.05) is 46.0 Å². The fraction of sp³-hybridized carbons (Fsp3) is 0.667. The van der Waals surface area contributed by atoms with Gasteiger partial charge in [0.15, 0.2) is 5.96 Å². The summed E-state index contributed by atoms with van der Waals surface area (Å²) in [6.45, 7) is 5.28. The molecule has 0 aliphatic carbocycles. The maximum atomic E-state index is 11.6. The minimum Gasteiger partial charge on any atom is -0.356 e. The van der Waals surface area contributed by atoms with Gasteiger partial charge in [-0.3, -0.25) is 9.89 Å². The highest BCUT2D eigenvalue weighted by Gasteiger charge is 2.25. The van der Waals surface area contributed by atoms with Gasteiger partial charge in [-0.25, -0.2) is 12.7 Å². The molecule has 9 heteroatoms. The number of nitrogens with zero attached hydrogens (tertiary/aromatic N) is 3. The van der Waals surface area contributed by atoms with Crippen LogP contribution in [0.4, 0.5) is 0 Å². The third-order valence-electron chi connectivity index (χ3n) is 6.00. The predicted octanol–water partition coefficient (Wildman–Crippen LogP) is 2.11. The zero-order valence-electron chi connectivity index (χ0n) is 18.1. The van der Waals surface area contributed by atoms with Crippen molar-refractivity contribution in [3.8, 4) is 0 Å². The molecular formula is C21H36IN5O2S. The van der Waals surface area contributed by atoms with Crippen molar-refractivity contribution in [3.63, 3.8) is 0 Å². The number of halogens is 1. The summed E-state index contributed by atoms with van der Waals surface area (Å²) in [7, 11) is -1.24. The van der Waals surface area contributed by atoms with Crippen LogP contribution in [-0.2, 0) is 16.6 Å². The van der Waals surface area contributed by atoms with Gasteiger partial charge in [-0.15, -0.1) is 24.0 Å². The standard InChI is InChI=1S/C21H35N5O2S.HI/c1-22-21(23-16-18-8-14-26(15-9-18)29(2,27)28)24-20-10-12-25(13-11-20)17-19-6-4-3-5-7-19;/h3-7,18,20H,8-17H2,1-2H3,(H2,22,23,24);1H. The summed E-state index contributed by atoms with van der Waals surface area (Å²) in [5.74, 6) is 1.34. The highest BCUT2D eigenvalue weighted by molar-refractivity contribution is 14.0. The third kappa shape index (κ3) is 7.97. The van der Waals surface area contributed by atoms with Gasteiger partial charge in [-0.05, 0) is 37.2 Å². The van der Waals surface area contributed by atoms with Crippen LogP contribution in [-0.4, -0.2) is 75.7 Å². The Balaban J connectivity index is 0.00000320. The van der Waals surface area contributed by atoms with E-state index >= 15 is 0 Å². The van der Waals surface area contributed by atoms with E-state index in [4.69, 9.17) is 0 Å². The first kappa shape index (κ1) is 25.4. The summed E-state index contributed by atoms with van der Waals surface area (Å²) in [6.07, 6.45) is 5.31. The number of aliphatic imine (C=N–C) groups is 1. The van der Waals surface area contributed by atoms with Crippen LogP contribution in [0.5, 0.6) is 0 Å². The van der Waals surface area contributed by atoms with Gasteiger partial charge >= 0.3 is 0 Å². The SMILES string of the molecule is CN=C(NCC1CCN(S(C)(=O)=O)CC1)NC1CCN(Cc2ccccc2)CC1.I. The number of sulfonamides is 1. The number of hydrogen-bond acceptors (Lipinski definition) is 4. The molecule has 2 aliphatic rings. The van der Waals surface area contributed by atoms with Gasteiger partial charge < -0.3 is 10.6 Å². The second-order valence-electron chi connectivity index (χ2n) is 8.24. The number of rotatable bonds is 6. The van der Waals surface area contributed by atoms with Crippen LogP contribution in [0.3, 0.4) is 0 Å². The minimum atomic E-state index is -3.06. The molecule has 2 saturated heterocycles. The van der Waals surface area contributed by atoms with Gasteiger partial charge in [0, 0.05) is 52.4 Å². The van der Waals surface area contributed by atoms with Crippen LogP contribution >= 0.6 is 24.0 Å². The maximum Gasteiger partial charge on any atom is 0.211 e. The summed E-state index contributed by atoms with van der Waals surface area (Å²) >= 11 is 0. The fourth-order valence-electron chi connectivity index (χ4n) is 4.15. The fourth-order valence-corrected chi connectivity index (χ4v) is 5.03. The lowest BCUT2D eigenvalue weighted by molar-refractivity contribution is 0.198. The predicted molar refractivity (Wildman–Crippen MR) is 134 cm³/mol. The summed E-state index contributed by atoms with van der Waals surface area (Å²) in [5, 5.41) is 7.02. The molecule has 0 amide bonds. The first-order valence-corrected chi connectivity index (χ1v) is 12.5. The van der Waals surface area contributed by atoms with E-state index in [9.17, 15) is 8.42 Å². The quantitative estimate of drug-likeness (QED) is 0.323. The lowest BCUT2D eigenvalue weighted by Crippen LogP contribution is -2.50. The molecule has 0 aromatic heterocycles. The lowest BCUT2D eigenvalue weighted by Gasteiger charge is -2.34. The lowest BCUT2D eigenvalue weighted by atomic mass is 9.98. The van der Waals surface area contributed by atoms with E-state index in [1.54, 1.807) is 4.31 Å². The summed E-state index contributed by atoms with van der Waals surface area (Å²) in [4.78, 5) is 6.90. The van der Waals surface area contributed by atoms with Crippen molar-refractivity contribution in [2.45, 2.75) is 38.3 Å². The molecule has 2 N–H and O–H groups in total. The van der Waals surface area contributed by atoms with Crippen LogP contribution in [0.15, 0.2) is 35.3 Å². The van der Waals surface area contributed by atoms with Gasteiger partial charge in [0.2, 0.25) is 10.0 Å².